The average Bonchev–Trinajstić information content (AvgIpc) is 3.02. The summed E-state index contributed by atoms with van der Waals surface area (Å²) >= 11 is 0. The summed E-state index contributed by atoms with van der Waals surface area (Å²) in [5.74, 6) is 0.343. The Bertz CT molecular complexity index is 712. The Balaban J connectivity index is 0.00000176. The fourth-order valence-corrected chi connectivity index (χ4v) is 3.99. The zero-order valence-electron chi connectivity index (χ0n) is 15.5. The molecular weight excluding hydrogens is 414 g/mol. The van der Waals surface area contributed by atoms with Gasteiger partial charge in [0.1, 0.15) is 0 Å². The van der Waals surface area contributed by atoms with Gasteiger partial charge < -0.3 is 0 Å². The van der Waals surface area contributed by atoms with Crippen molar-refractivity contribution in [2.24, 2.45) is 5.92 Å². The van der Waals surface area contributed by atoms with E-state index >= 15 is 0 Å². The zero-order valence-corrected chi connectivity index (χ0v) is 19.6. The molecule has 0 saturated carbocycles. The van der Waals surface area contributed by atoms with E-state index in [2.05, 4.69) is 59.8 Å². The topological polar surface area (TPSA) is 0 Å². The molecule has 130 valence electrons. The summed E-state index contributed by atoms with van der Waals surface area (Å²) in [6, 6.07) is 0. The number of hydrogen-bond donors (Lipinski definition) is 0. The Morgan fingerprint density at radius 3 is 1.79 bits per heavy atom. The number of hydrogen-bond acceptors (Lipinski definition) is 0. The third kappa shape index (κ3) is 3.84. The summed E-state index contributed by atoms with van der Waals surface area (Å²) in [6.07, 6.45) is 10.7. The third-order valence-electron chi connectivity index (χ3n) is 5.31. The first-order valence-electron chi connectivity index (χ1n) is 7.97. The summed E-state index contributed by atoms with van der Waals surface area (Å²) in [7, 11) is 0. The van der Waals surface area contributed by atoms with Crippen LogP contribution < -0.4 is 0 Å². The smallest absolute Gasteiger partial charge is 0 e. The van der Waals surface area contributed by atoms with Crippen LogP contribution in [-0.2, 0) is 26.2 Å². The van der Waals surface area contributed by atoms with Gasteiger partial charge in [0.2, 0.25) is 0 Å². The third-order valence-corrected chi connectivity index (χ3v) is 5.31. The van der Waals surface area contributed by atoms with Crippen LogP contribution in [0.15, 0.2) is 62.3 Å². The van der Waals surface area contributed by atoms with Crippen LogP contribution in [0.5, 0.6) is 0 Å². The predicted molar refractivity (Wildman–Crippen MR) is 105 cm³/mol. The van der Waals surface area contributed by atoms with Crippen LogP contribution in [0.2, 0.25) is 0 Å². The molecule has 0 bridgehead atoms. The minimum absolute atomic E-state index is 0. The van der Waals surface area contributed by atoms with Crippen molar-refractivity contribution in [2.75, 3.05) is 0 Å². The summed E-state index contributed by atoms with van der Waals surface area (Å²) in [4.78, 5) is 0. The monoisotopic (exact) mass is 439 g/mol. The van der Waals surface area contributed by atoms with Gasteiger partial charge in [-0.3, -0.25) is 6.08 Å². The summed E-state index contributed by atoms with van der Waals surface area (Å²) in [5, 5.41) is 0. The van der Waals surface area contributed by atoms with Gasteiger partial charge in [0.15, 0.2) is 0 Å². The molecule has 3 rings (SSSR count). The first-order valence-corrected chi connectivity index (χ1v) is 7.97. The van der Waals surface area contributed by atoms with Gasteiger partial charge in [-0.05, 0) is 51.7 Å². The van der Waals surface area contributed by atoms with Gasteiger partial charge in [-0.2, -0.15) is 5.57 Å². The van der Waals surface area contributed by atoms with Crippen molar-refractivity contribution in [3.05, 3.63) is 68.4 Å². The minimum Gasteiger partial charge on any atom is -0.261 e. The Labute approximate surface area is 178 Å². The molecule has 0 aromatic rings. The maximum Gasteiger partial charge on any atom is 0 e. The van der Waals surface area contributed by atoms with Crippen LogP contribution >= 0.6 is 24.8 Å². The van der Waals surface area contributed by atoms with Crippen molar-refractivity contribution in [3.8, 4) is 0 Å². The molecular formula is C21H27Cl2Zr-. The Hall–Kier alpha value is -0.0969. The molecule has 0 aromatic heterocycles. The number of halogens is 2. The molecule has 0 saturated heterocycles. The van der Waals surface area contributed by atoms with Crippen LogP contribution in [0, 0.1) is 12.0 Å². The van der Waals surface area contributed by atoms with Crippen molar-refractivity contribution < 1.29 is 26.2 Å². The van der Waals surface area contributed by atoms with Gasteiger partial charge in [0.25, 0.3) is 0 Å². The van der Waals surface area contributed by atoms with Gasteiger partial charge in [-0.1, -0.05) is 47.3 Å². The minimum atomic E-state index is 0. The van der Waals surface area contributed by atoms with Crippen LogP contribution in [0.25, 0.3) is 0 Å². The average molecular weight is 442 g/mol. The molecule has 0 fully saturated rings. The van der Waals surface area contributed by atoms with E-state index in [0.29, 0.717) is 5.92 Å². The second-order valence-corrected chi connectivity index (χ2v) is 6.77. The molecule has 3 aliphatic carbocycles. The first-order chi connectivity index (χ1) is 9.91. The van der Waals surface area contributed by atoms with Gasteiger partial charge in [-0.15, -0.1) is 37.3 Å². The van der Waals surface area contributed by atoms with Crippen LogP contribution in [0.4, 0.5) is 0 Å². The van der Waals surface area contributed by atoms with E-state index in [1.54, 1.807) is 0 Å². The van der Waals surface area contributed by atoms with Crippen molar-refractivity contribution in [1.29, 1.82) is 0 Å². The molecule has 24 heavy (non-hydrogen) atoms. The molecule has 0 N–H and O–H groups in total. The molecule has 1 unspecified atom stereocenters. The maximum absolute atomic E-state index is 3.76. The van der Waals surface area contributed by atoms with E-state index in [1.807, 2.05) is 0 Å². The summed E-state index contributed by atoms with van der Waals surface area (Å²) < 4.78 is 0. The maximum atomic E-state index is 3.76. The van der Waals surface area contributed by atoms with Gasteiger partial charge in [-0.25, -0.2) is 5.57 Å². The standard InChI is InChI=1S/C21H25.2ClH.Zr/c1-12-7-8-13(2)19(12)18-11-16(5)17(6)21(18)20-14(3)9-10-15(20)4;;;/h7,9,18H,8,10H2,1-6H3;2*1H;/q-1;;;. The Kier molecular flexibility index (Phi) is 8.98. The number of rotatable bonds is 2. The van der Waals surface area contributed by atoms with Crippen LogP contribution in [0.1, 0.15) is 54.4 Å². The Morgan fingerprint density at radius 1 is 0.792 bits per heavy atom. The second kappa shape index (κ2) is 9.02. The van der Waals surface area contributed by atoms with E-state index in [9.17, 15) is 0 Å². The van der Waals surface area contributed by atoms with Crippen molar-refractivity contribution in [1.82, 2.24) is 0 Å². The molecule has 0 aromatic carbocycles. The van der Waals surface area contributed by atoms with Crippen LogP contribution in [-0.4, -0.2) is 0 Å². The predicted octanol–water partition coefficient (Wildman–Crippen LogP) is 6.86. The first kappa shape index (κ1) is 23.9. The van der Waals surface area contributed by atoms with E-state index in [-0.39, 0.29) is 51.0 Å². The molecule has 3 heteroatoms. The molecule has 0 amide bonds. The molecule has 0 spiro atoms. The SMILES string of the molecule is CC1=[C-]C(C2=C(C)CC=C2C)C(C2=C(C)CC=C2C)=C1C.Cl.Cl.[Zr]. The summed E-state index contributed by atoms with van der Waals surface area (Å²) in [6.45, 7) is 13.6. The molecule has 0 nitrogen and oxygen atoms in total. The van der Waals surface area contributed by atoms with Gasteiger partial charge in [0, 0.05) is 26.2 Å². The zero-order chi connectivity index (χ0) is 15.3. The normalized spacial score (nSPS) is 22.8. The van der Waals surface area contributed by atoms with E-state index in [1.165, 1.54) is 50.2 Å². The van der Waals surface area contributed by atoms with E-state index in [0.717, 1.165) is 12.8 Å². The van der Waals surface area contributed by atoms with Gasteiger partial charge in [0.05, 0.1) is 0 Å². The molecule has 3 aliphatic rings. The Morgan fingerprint density at radius 2 is 1.33 bits per heavy atom. The van der Waals surface area contributed by atoms with E-state index < -0.39 is 0 Å². The molecule has 1 atom stereocenters. The van der Waals surface area contributed by atoms with Crippen LogP contribution in [0.3, 0.4) is 0 Å². The molecule has 0 radical (unpaired) electrons. The second-order valence-electron chi connectivity index (χ2n) is 6.77. The van der Waals surface area contributed by atoms with Gasteiger partial charge >= 0.3 is 0 Å². The molecule has 0 aliphatic heterocycles. The van der Waals surface area contributed by atoms with Crippen molar-refractivity contribution in [3.63, 3.8) is 0 Å². The van der Waals surface area contributed by atoms with E-state index in [4.69, 9.17) is 0 Å². The fraction of sp³-hybridized carbons (Fsp3) is 0.429. The van der Waals surface area contributed by atoms with Crippen molar-refractivity contribution >= 4 is 24.8 Å². The summed E-state index contributed by atoms with van der Waals surface area (Å²) in [5.41, 5.74) is 13.2. The number of allylic oxidation sites excluding steroid dienone is 12. The largest absolute Gasteiger partial charge is 0.261 e. The fourth-order valence-electron chi connectivity index (χ4n) is 3.99. The molecule has 0 heterocycles. The quantitative estimate of drug-likeness (QED) is 0.411. The van der Waals surface area contributed by atoms with Crippen molar-refractivity contribution in [2.45, 2.75) is 54.4 Å².